The second-order valence-electron chi connectivity index (χ2n) is 8.18. The molecule has 1 N–H and O–H groups in total. The van der Waals surface area contributed by atoms with Gasteiger partial charge < -0.3 is 14.8 Å². The van der Waals surface area contributed by atoms with Gasteiger partial charge in [-0.05, 0) is 30.7 Å². The summed E-state index contributed by atoms with van der Waals surface area (Å²) in [6, 6.07) is 8.45. The highest BCUT2D eigenvalue weighted by atomic mass is 32.2. The molecule has 2 heterocycles. The molecule has 1 aromatic heterocycles. The molecular formula is C20H27N3O5S. The zero-order valence-electron chi connectivity index (χ0n) is 17.1. The second kappa shape index (κ2) is 8.06. The van der Waals surface area contributed by atoms with Crippen molar-refractivity contribution in [2.24, 2.45) is 0 Å². The van der Waals surface area contributed by atoms with Crippen molar-refractivity contribution in [3.8, 4) is 11.5 Å². The van der Waals surface area contributed by atoms with Crippen LogP contribution in [0.3, 0.4) is 0 Å². The highest BCUT2D eigenvalue weighted by Gasteiger charge is 2.32. The van der Waals surface area contributed by atoms with E-state index in [1.165, 1.54) is 0 Å². The molecule has 1 atom stereocenters. The van der Waals surface area contributed by atoms with Gasteiger partial charge in [0.15, 0.2) is 16.4 Å². The molecule has 0 radical (unpaired) electrons. The van der Waals surface area contributed by atoms with Gasteiger partial charge in [-0.15, -0.1) is 0 Å². The number of rotatable bonds is 6. The lowest BCUT2D eigenvalue weighted by Crippen LogP contribution is -2.24. The van der Waals surface area contributed by atoms with Crippen LogP contribution >= 0.6 is 0 Å². The molecule has 9 heteroatoms. The number of nitrogens with one attached hydrogen (secondary N) is 1. The van der Waals surface area contributed by atoms with Crippen molar-refractivity contribution in [2.45, 2.75) is 38.6 Å². The van der Waals surface area contributed by atoms with Crippen LogP contribution in [-0.2, 0) is 20.0 Å². The van der Waals surface area contributed by atoms with Gasteiger partial charge >= 0.3 is 0 Å². The Morgan fingerprint density at radius 1 is 1.24 bits per heavy atom. The fourth-order valence-electron chi connectivity index (χ4n) is 3.10. The number of hydrogen-bond acceptors (Lipinski definition) is 6. The molecule has 8 nitrogen and oxygen atoms in total. The number of sulfone groups is 1. The average molecular weight is 422 g/mol. The van der Waals surface area contributed by atoms with E-state index in [1.807, 2.05) is 20.8 Å². The second-order valence-corrected chi connectivity index (χ2v) is 10.4. The third kappa shape index (κ3) is 5.29. The molecule has 1 amide bonds. The van der Waals surface area contributed by atoms with Crippen LogP contribution in [-0.4, -0.2) is 49.3 Å². The number of anilines is 1. The van der Waals surface area contributed by atoms with E-state index >= 15 is 0 Å². The number of benzene rings is 1. The van der Waals surface area contributed by atoms with E-state index in [-0.39, 0.29) is 35.5 Å². The SMILES string of the molecule is COc1ccc(OCC(=O)Nc2cc(C(C)(C)C)nn2C2CCS(=O)(=O)C2)cc1. The average Bonchev–Trinajstić information content (AvgIpc) is 3.23. The summed E-state index contributed by atoms with van der Waals surface area (Å²) in [6.45, 7) is 5.88. The first-order valence-corrected chi connectivity index (χ1v) is 11.3. The first-order valence-electron chi connectivity index (χ1n) is 9.44. The summed E-state index contributed by atoms with van der Waals surface area (Å²) in [7, 11) is -1.50. The number of amides is 1. The topological polar surface area (TPSA) is 99.5 Å². The summed E-state index contributed by atoms with van der Waals surface area (Å²) in [5.74, 6) is 1.56. The molecule has 2 aromatic rings. The molecule has 0 bridgehead atoms. The van der Waals surface area contributed by atoms with E-state index in [0.29, 0.717) is 23.7 Å². The number of methoxy groups -OCH3 is 1. The molecule has 0 aliphatic carbocycles. The Bertz CT molecular complexity index is 975. The third-order valence-electron chi connectivity index (χ3n) is 4.76. The number of nitrogens with zero attached hydrogens (tertiary/aromatic N) is 2. The Morgan fingerprint density at radius 2 is 1.90 bits per heavy atom. The summed E-state index contributed by atoms with van der Waals surface area (Å²) in [4.78, 5) is 12.4. The minimum Gasteiger partial charge on any atom is -0.497 e. The van der Waals surface area contributed by atoms with Crippen LogP contribution < -0.4 is 14.8 Å². The van der Waals surface area contributed by atoms with Gasteiger partial charge in [0, 0.05) is 11.5 Å². The van der Waals surface area contributed by atoms with Gasteiger partial charge in [0.1, 0.15) is 17.3 Å². The highest BCUT2D eigenvalue weighted by molar-refractivity contribution is 7.91. The van der Waals surface area contributed by atoms with Crippen LogP contribution in [0.4, 0.5) is 5.82 Å². The molecule has 1 aromatic carbocycles. The molecule has 1 fully saturated rings. The molecule has 3 rings (SSSR count). The monoisotopic (exact) mass is 421 g/mol. The smallest absolute Gasteiger partial charge is 0.263 e. The molecule has 29 heavy (non-hydrogen) atoms. The van der Waals surface area contributed by atoms with E-state index in [1.54, 1.807) is 42.1 Å². The number of ether oxygens (including phenoxy) is 2. The van der Waals surface area contributed by atoms with Crippen molar-refractivity contribution in [2.75, 3.05) is 30.5 Å². The lowest BCUT2D eigenvalue weighted by molar-refractivity contribution is -0.118. The molecule has 1 aliphatic rings. The Hall–Kier alpha value is -2.55. The zero-order valence-corrected chi connectivity index (χ0v) is 18.0. The van der Waals surface area contributed by atoms with Gasteiger partial charge in [-0.25, -0.2) is 13.1 Å². The number of aromatic nitrogens is 2. The van der Waals surface area contributed by atoms with Crippen LogP contribution in [0, 0.1) is 0 Å². The predicted molar refractivity (Wildman–Crippen MR) is 110 cm³/mol. The molecule has 1 aliphatic heterocycles. The lowest BCUT2D eigenvalue weighted by Gasteiger charge is -2.15. The maximum Gasteiger partial charge on any atom is 0.263 e. The van der Waals surface area contributed by atoms with Gasteiger partial charge in [-0.1, -0.05) is 20.8 Å². The van der Waals surface area contributed by atoms with E-state index in [2.05, 4.69) is 10.4 Å². The van der Waals surface area contributed by atoms with Crippen molar-refractivity contribution in [3.05, 3.63) is 36.0 Å². The first kappa shape index (κ1) is 21.2. The predicted octanol–water partition coefficient (Wildman–Crippen LogP) is 2.57. The highest BCUT2D eigenvalue weighted by Crippen LogP contribution is 2.30. The molecular weight excluding hydrogens is 394 g/mol. The van der Waals surface area contributed by atoms with E-state index in [9.17, 15) is 13.2 Å². The third-order valence-corrected chi connectivity index (χ3v) is 6.51. The first-order chi connectivity index (χ1) is 13.6. The lowest BCUT2D eigenvalue weighted by atomic mass is 9.92. The molecule has 1 unspecified atom stereocenters. The maximum atomic E-state index is 12.4. The van der Waals surface area contributed by atoms with Crippen molar-refractivity contribution in [3.63, 3.8) is 0 Å². The molecule has 158 valence electrons. The largest absolute Gasteiger partial charge is 0.497 e. The summed E-state index contributed by atoms with van der Waals surface area (Å²) < 4.78 is 36.0. The minimum atomic E-state index is -3.08. The zero-order chi connectivity index (χ0) is 21.2. The van der Waals surface area contributed by atoms with Gasteiger partial charge in [-0.3, -0.25) is 4.79 Å². The van der Waals surface area contributed by atoms with Gasteiger partial charge in [-0.2, -0.15) is 5.10 Å². The van der Waals surface area contributed by atoms with Gasteiger partial charge in [0.05, 0.1) is 30.4 Å². The van der Waals surface area contributed by atoms with Crippen molar-refractivity contribution in [1.29, 1.82) is 0 Å². The number of hydrogen-bond donors (Lipinski definition) is 1. The summed E-state index contributed by atoms with van der Waals surface area (Å²) >= 11 is 0. The Balaban J connectivity index is 1.72. The van der Waals surface area contributed by atoms with Gasteiger partial charge in [0.2, 0.25) is 0 Å². The number of carbonyl (C=O) groups is 1. The van der Waals surface area contributed by atoms with Crippen LogP contribution in [0.2, 0.25) is 0 Å². The van der Waals surface area contributed by atoms with Crippen molar-refractivity contribution < 1.29 is 22.7 Å². The van der Waals surface area contributed by atoms with Crippen molar-refractivity contribution >= 4 is 21.6 Å². The quantitative estimate of drug-likeness (QED) is 0.770. The molecule has 0 saturated carbocycles. The Morgan fingerprint density at radius 3 is 2.45 bits per heavy atom. The van der Waals surface area contributed by atoms with Crippen LogP contribution in [0.5, 0.6) is 11.5 Å². The van der Waals surface area contributed by atoms with E-state index < -0.39 is 9.84 Å². The van der Waals surface area contributed by atoms with Crippen LogP contribution in [0.15, 0.2) is 30.3 Å². The summed E-state index contributed by atoms with van der Waals surface area (Å²) in [5.41, 5.74) is 0.551. The Kier molecular flexibility index (Phi) is 5.88. The normalized spacial score (nSPS) is 18.4. The van der Waals surface area contributed by atoms with E-state index in [0.717, 1.165) is 5.69 Å². The number of carbonyl (C=O) groups excluding carboxylic acids is 1. The fourth-order valence-corrected chi connectivity index (χ4v) is 4.79. The van der Waals surface area contributed by atoms with Crippen LogP contribution in [0.1, 0.15) is 38.9 Å². The fraction of sp³-hybridized carbons (Fsp3) is 0.500. The Labute approximate surface area is 171 Å². The minimum absolute atomic E-state index is 0.0312. The molecule has 1 saturated heterocycles. The standard InChI is InChI=1S/C20H27N3O5S/c1-20(2,3)17-11-18(23(22-17)14-9-10-29(25,26)13-14)21-19(24)12-28-16-7-5-15(27-4)6-8-16/h5-8,11,14H,9-10,12-13H2,1-4H3,(H,21,24). The van der Waals surface area contributed by atoms with E-state index in [4.69, 9.17) is 9.47 Å². The maximum absolute atomic E-state index is 12.4. The van der Waals surface area contributed by atoms with Crippen molar-refractivity contribution in [1.82, 2.24) is 9.78 Å². The van der Waals surface area contributed by atoms with Gasteiger partial charge in [0.25, 0.3) is 5.91 Å². The summed E-state index contributed by atoms with van der Waals surface area (Å²) in [6.07, 6.45) is 0.485. The molecule has 0 spiro atoms. The summed E-state index contributed by atoms with van der Waals surface area (Å²) in [5, 5.41) is 7.42. The van der Waals surface area contributed by atoms with Crippen LogP contribution in [0.25, 0.3) is 0 Å².